The molecule has 0 unspecified atom stereocenters. The molecular formula is C16H24N2O. The molecule has 0 bridgehead atoms. The highest BCUT2D eigenvalue weighted by Crippen LogP contribution is 2.25. The summed E-state index contributed by atoms with van der Waals surface area (Å²) in [5, 5.41) is 3.46. The van der Waals surface area contributed by atoms with Crippen molar-refractivity contribution in [3.8, 4) is 0 Å². The van der Waals surface area contributed by atoms with Crippen LogP contribution in [0.1, 0.15) is 54.4 Å². The first-order chi connectivity index (χ1) is 9.25. The fraction of sp³-hybridized carbons (Fsp3) is 0.562. The van der Waals surface area contributed by atoms with Gasteiger partial charge in [-0.1, -0.05) is 44.2 Å². The van der Waals surface area contributed by atoms with E-state index < -0.39 is 0 Å². The molecule has 0 atom stereocenters. The second kappa shape index (κ2) is 7.29. The van der Waals surface area contributed by atoms with Crippen LogP contribution in [0.4, 0.5) is 0 Å². The van der Waals surface area contributed by atoms with Gasteiger partial charge in [0.1, 0.15) is 0 Å². The van der Waals surface area contributed by atoms with E-state index in [-0.39, 0.29) is 5.91 Å². The Balaban J connectivity index is 1.70. The van der Waals surface area contributed by atoms with Gasteiger partial charge in [-0.3, -0.25) is 4.79 Å². The minimum Gasteiger partial charge on any atom is -0.366 e. The standard InChI is InChI=1S/C16H24N2O/c17-16(19)15-8-4-7-14(11-15)12-18-10-9-13-5-2-1-3-6-13/h4,7-8,11,13,18H,1-3,5-6,9-10,12H2,(H2,17,19). The summed E-state index contributed by atoms with van der Waals surface area (Å²) in [7, 11) is 0. The lowest BCUT2D eigenvalue weighted by molar-refractivity contribution is 0.1000. The van der Waals surface area contributed by atoms with Gasteiger partial charge in [-0.05, 0) is 36.6 Å². The zero-order valence-corrected chi connectivity index (χ0v) is 11.5. The topological polar surface area (TPSA) is 55.1 Å². The van der Waals surface area contributed by atoms with E-state index in [0.717, 1.165) is 24.6 Å². The fourth-order valence-electron chi connectivity index (χ4n) is 2.85. The van der Waals surface area contributed by atoms with Crippen LogP contribution >= 0.6 is 0 Å². The van der Waals surface area contributed by atoms with Crippen molar-refractivity contribution in [2.75, 3.05) is 6.54 Å². The van der Waals surface area contributed by atoms with Crippen LogP contribution in [-0.4, -0.2) is 12.5 Å². The summed E-state index contributed by atoms with van der Waals surface area (Å²) in [6.07, 6.45) is 8.31. The van der Waals surface area contributed by atoms with Crippen LogP contribution in [0.25, 0.3) is 0 Å². The van der Waals surface area contributed by atoms with Crippen molar-refractivity contribution in [1.82, 2.24) is 5.32 Å². The fourth-order valence-corrected chi connectivity index (χ4v) is 2.85. The lowest BCUT2D eigenvalue weighted by atomic mass is 9.87. The average molecular weight is 260 g/mol. The maximum atomic E-state index is 11.1. The molecule has 1 fully saturated rings. The van der Waals surface area contributed by atoms with Crippen LogP contribution in [0.15, 0.2) is 24.3 Å². The maximum Gasteiger partial charge on any atom is 0.248 e. The number of nitrogens with two attached hydrogens (primary N) is 1. The number of rotatable bonds is 6. The Labute approximate surface area is 115 Å². The van der Waals surface area contributed by atoms with Gasteiger partial charge in [0.25, 0.3) is 0 Å². The molecule has 104 valence electrons. The number of nitrogens with one attached hydrogen (secondary N) is 1. The van der Waals surface area contributed by atoms with Crippen molar-refractivity contribution in [2.24, 2.45) is 11.7 Å². The van der Waals surface area contributed by atoms with Gasteiger partial charge in [0, 0.05) is 12.1 Å². The second-order valence-electron chi connectivity index (χ2n) is 5.53. The molecule has 3 heteroatoms. The van der Waals surface area contributed by atoms with Gasteiger partial charge >= 0.3 is 0 Å². The molecule has 0 spiro atoms. The Morgan fingerprint density at radius 2 is 2.05 bits per heavy atom. The maximum absolute atomic E-state index is 11.1. The zero-order chi connectivity index (χ0) is 13.5. The third-order valence-corrected chi connectivity index (χ3v) is 3.99. The van der Waals surface area contributed by atoms with Crippen molar-refractivity contribution in [3.05, 3.63) is 35.4 Å². The lowest BCUT2D eigenvalue weighted by Gasteiger charge is -2.21. The minimum atomic E-state index is -0.357. The summed E-state index contributed by atoms with van der Waals surface area (Å²) in [6.45, 7) is 1.87. The van der Waals surface area contributed by atoms with E-state index >= 15 is 0 Å². The van der Waals surface area contributed by atoms with E-state index in [1.165, 1.54) is 38.5 Å². The van der Waals surface area contributed by atoms with Crippen molar-refractivity contribution in [1.29, 1.82) is 0 Å². The minimum absolute atomic E-state index is 0.357. The van der Waals surface area contributed by atoms with E-state index in [9.17, 15) is 4.79 Å². The van der Waals surface area contributed by atoms with Crippen molar-refractivity contribution < 1.29 is 4.79 Å². The molecule has 1 aromatic carbocycles. The molecule has 0 heterocycles. The van der Waals surface area contributed by atoms with Crippen molar-refractivity contribution in [2.45, 2.75) is 45.1 Å². The summed E-state index contributed by atoms with van der Waals surface area (Å²) in [4.78, 5) is 11.1. The van der Waals surface area contributed by atoms with Gasteiger partial charge in [-0.25, -0.2) is 0 Å². The summed E-state index contributed by atoms with van der Waals surface area (Å²) in [5.74, 6) is 0.558. The number of primary amides is 1. The van der Waals surface area contributed by atoms with E-state index in [1.54, 1.807) is 6.07 Å². The van der Waals surface area contributed by atoms with E-state index in [0.29, 0.717) is 5.56 Å². The largest absolute Gasteiger partial charge is 0.366 e. The van der Waals surface area contributed by atoms with Gasteiger partial charge < -0.3 is 11.1 Å². The molecule has 3 N–H and O–H groups in total. The first kappa shape index (κ1) is 14.1. The van der Waals surface area contributed by atoms with Gasteiger partial charge in [0.2, 0.25) is 5.91 Å². The van der Waals surface area contributed by atoms with Gasteiger partial charge in [-0.2, -0.15) is 0 Å². The van der Waals surface area contributed by atoms with Gasteiger partial charge in [0.05, 0.1) is 0 Å². The van der Waals surface area contributed by atoms with E-state index in [4.69, 9.17) is 5.73 Å². The molecule has 1 aliphatic rings. The van der Waals surface area contributed by atoms with Gasteiger partial charge in [0.15, 0.2) is 0 Å². The van der Waals surface area contributed by atoms with Gasteiger partial charge in [-0.15, -0.1) is 0 Å². The number of hydrogen-bond donors (Lipinski definition) is 2. The molecular weight excluding hydrogens is 236 g/mol. The number of benzene rings is 1. The molecule has 1 aromatic rings. The third-order valence-electron chi connectivity index (χ3n) is 3.99. The highest BCUT2D eigenvalue weighted by Gasteiger charge is 2.12. The van der Waals surface area contributed by atoms with Crippen LogP contribution in [0.5, 0.6) is 0 Å². The Morgan fingerprint density at radius 1 is 1.26 bits per heavy atom. The Hall–Kier alpha value is -1.35. The Kier molecular flexibility index (Phi) is 5.40. The second-order valence-corrected chi connectivity index (χ2v) is 5.53. The quantitative estimate of drug-likeness (QED) is 0.773. The van der Waals surface area contributed by atoms with E-state index in [1.807, 2.05) is 18.2 Å². The molecule has 19 heavy (non-hydrogen) atoms. The molecule has 3 nitrogen and oxygen atoms in total. The molecule has 0 aromatic heterocycles. The number of carbonyl (C=O) groups is 1. The zero-order valence-electron chi connectivity index (χ0n) is 11.5. The molecule has 1 saturated carbocycles. The summed E-state index contributed by atoms with van der Waals surface area (Å²) >= 11 is 0. The predicted octanol–water partition coefficient (Wildman–Crippen LogP) is 2.85. The van der Waals surface area contributed by atoms with Crippen LogP contribution in [0, 0.1) is 5.92 Å². The lowest BCUT2D eigenvalue weighted by Crippen LogP contribution is -2.19. The van der Waals surface area contributed by atoms with E-state index in [2.05, 4.69) is 5.32 Å². The number of hydrogen-bond acceptors (Lipinski definition) is 2. The molecule has 2 rings (SSSR count). The van der Waals surface area contributed by atoms with Crippen LogP contribution < -0.4 is 11.1 Å². The monoisotopic (exact) mass is 260 g/mol. The molecule has 1 aliphatic carbocycles. The highest BCUT2D eigenvalue weighted by molar-refractivity contribution is 5.92. The number of carbonyl (C=O) groups excluding carboxylic acids is 1. The summed E-state index contributed by atoms with van der Waals surface area (Å²) in [6, 6.07) is 7.54. The number of amides is 1. The molecule has 0 aliphatic heterocycles. The average Bonchev–Trinajstić information content (AvgIpc) is 2.45. The first-order valence-electron chi connectivity index (χ1n) is 7.35. The predicted molar refractivity (Wildman–Crippen MR) is 77.9 cm³/mol. The molecule has 0 radical (unpaired) electrons. The van der Waals surface area contributed by atoms with Crippen LogP contribution in [-0.2, 0) is 6.54 Å². The Bertz CT molecular complexity index is 411. The summed E-state index contributed by atoms with van der Waals surface area (Å²) < 4.78 is 0. The molecule has 0 saturated heterocycles. The SMILES string of the molecule is NC(=O)c1cccc(CNCCC2CCCCC2)c1. The normalized spacial score (nSPS) is 16.4. The first-order valence-corrected chi connectivity index (χ1v) is 7.35. The van der Waals surface area contributed by atoms with Crippen LogP contribution in [0.3, 0.4) is 0 Å². The molecule has 1 amide bonds. The van der Waals surface area contributed by atoms with Crippen LogP contribution in [0.2, 0.25) is 0 Å². The van der Waals surface area contributed by atoms with Crippen molar-refractivity contribution in [3.63, 3.8) is 0 Å². The Morgan fingerprint density at radius 3 is 2.79 bits per heavy atom. The van der Waals surface area contributed by atoms with Crippen molar-refractivity contribution >= 4 is 5.91 Å². The third kappa shape index (κ3) is 4.67. The summed E-state index contributed by atoms with van der Waals surface area (Å²) in [5.41, 5.74) is 6.99. The smallest absolute Gasteiger partial charge is 0.248 e. The highest BCUT2D eigenvalue weighted by atomic mass is 16.1.